The molecule has 3 aromatic rings. The topological polar surface area (TPSA) is 62.5 Å². The van der Waals surface area contributed by atoms with Crippen LogP contribution in [-0.4, -0.2) is 41.5 Å². The lowest BCUT2D eigenvalue weighted by molar-refractivity contribution is -0.128. The van der Waals surface area contributed by atoms with Gasteiger partial charge in [-0.2, -0.15) is 0 Å². The molecule has 5 nitrogen and oxygen atoms in total. The molecule has 0 aliphatic carbocycles. The molecule has 0 saturated carbocycles. The number of aromatic nitrogens is 1. The van der Waals surface area contributed by atoms with Gasteiger partial charge in [-0.3, -0.25) is 9.78 Å². The fraction of sp³-hybridized carbons (Fsp3) is 0.250. The standard InChI is InChI=1S/C24H26N4O.2ClH/c25-23-17-28(16-22(23)20-9-3-1-4-10-20)24(29)18-27(21-11-5-2-6-12-21)15-19-8-7-13-26-14-19;;/h1-14,22-23H,15-18,25H2;2*1H/t22-,23+;;/m0../s1. The first-order valence-electron chi connectivity index (χ1n) is 9.98. The van der Waals surface area contributed by atoms with E-state index in [4.69, 9.17) is 5.73 Å². The molecule has 1 fully saturated rings. The van der Waals surface area contributed by atoms with Crippen LogP contribution in [0.2, 0.25) is 0 Å². The van der Waals surface area contributed by atoms with Crippen molar-refractivity contribution in [2.45, 2.75) is 18.5 Å². The van der Waals surface area contributed by atoms with Crippen LogP contribution < -0.4 is 10.6 Å². The molecule has 31 heavy (non-hydrogen) atoms. The minimum atomic E-state index is -0.0372. The number of likely N-dealkylation sites (tertiary alicyclic amines) is 1. The van der Waals surface area contributed by atoms with Crippen LogP contribution in [0.3, 0.4) is 0 Å². The van der Waals surface area contributed by atoms with E-state index >= 15 is 0 Å². The van der Waals surface area contributed by atoms with Gasteiger partial charge in [-0.15, -0.1) is 24.8 Å². The van der Waals surface area contributed by atoms with Crippen molar-refractivity contribution in [3.8, 4) is 0 Å². The Balaban J connectivity index is 0.00000171. The maximum absolute atomic E-state index is 13.2. The molecule has 1 aromatic heterocycles. The summed E-state index contributed by atoms with van der Waals surface area (Å²) in [7, 11) is 0. The number of hydrogen-bond acceptors (Lipinski definition) is 4. The van der Waals surface area contributed by atoms with Crippen molar-refractivity contribution >= 4 is 36.4 Å². The predicted octanol–water partition coefficient (Wildman–Crippen LogP) is 3.89. The number of nitrogens with two attached hydrogens (primary N) is 1. The zero-order valence-corrected chi connectivity index (χ0v) is 18.8. The summed E-state index contributed by atoms with van der Waals surface area (Å²) in [5.74, 6) is 0.287. The molecule has 164 valence electrons. The number of halogens is 2. The highest BCUT2D eigenvalue weighted by molar-refractivity contribution is 5.85. The first-order chi connectivity index (χ1) is 14.2. The van der Waals surface area contributed by atoms with Crippen LogP contribution in [0.1, 0.15) is 17.0 Å². The average molecular weight is 459 g/mol. The van der Waals surface area contributed by atoms with Gasteiger partial charge in [0.05, 0.1) is 6.54 Å². The fourth-order valence-corrected chi connectivity index (χ4v) is 3.94. The third-order valence-electron chi connectivity index (χ3n) is 5.49. The Labute approximate surface area is 196 Å². The van der Waals surface area contributed by atoms with Gasteiger partial charge in [-0.05, 0) is 29.3 Å². The molecule has 2 atom stereocenters. The van der Waals surface area contributed by atoms with Crippen LogP contribution in [-0.2, 0) is 11.3 Å². The van der Waals surface area contributed by atoms with Crippen molar-refractivity contribution in [2.24, 2.45) is 5.73 Å². The summed E-state index contributed by atoms with van der Waals surface area (Å²) in [6.45, 7) is 2.20. The second-order valence-corrected chi connectivity index (χ2v) is 7.53. The van der Waals surface area contributed by atoms with Crippen LogP contribution in [0.25, 0.3) is 0 Å². The Morgan fingerprint density at radius 2 is 1.65 bits per heavy atom. The van der Waals surface area contributed by atoms with Crippen molar-refractivity contribution in [2.75, 3.05) is 24.5 Å². The summed E-state index contributed by atoms with van der Waals surface area (Å²) in [4.78, 5) is 21.4. The van der Waals surface area contributed by atoms with Gasteiger partial charge in [0.2, 0.25) is 5.91 Å². The van der Waals surface area contributed by atoms with E-state index in [0.29, 0.717) is 26.2 Å². The van der Waals surface area contributed by atoms with Gasteiger partial charge in [0.15, 0.2) is 0 Å². The molecular formula is C24H28Cl2N4O. The number of pyridine rings is 1. The number of carbonyl (C=O) groups is 1. The van der Waals surface area contributed by atoms with E-state index in [1.807, 2.05) is 71.8 Å². The quantitative estimate of drug-likeness (QED) is 0.608. The number of hydrogen-bond donors (Lipinski definition) is 1. The third-order valence-corrected chi connectivity index (χ3v) is 5.49. The SMILES string of the molecule is Cl.Cl.N[C@@H]1CN(C(=O)CN(Cc2cccnc2)c2ccccc2)C[C@H]1c1ccccc1. The molecule has 2 heterocycles. The van der Waals surface area contributed by atoms with Gasteiger partial charge in [0.25, 0.3) is 0 Å². The van der Waals surface area contributed by atoms with Crippen LogP contribution in [0.4, 0.5) is 5.69 Å². The second-order valence-electron chi connectivity index (χ2n) is 7.53. The molecule has 1 aliphatic heterocycles. The fourth-order valence-electron chi connectivity index (χ4n) is 3.94. The van der Waals surface area contributed by atoms with E-state index in [0.717, 1.165) is 11.3 Å². The van der Waals surface area contributed by atoms with Crippen molar-refractivity contribution in [3.05, 3.63) is 96.3 Å². The van der Waals surface area contributed by atoms with Crippen molar-refractivity contribution in [1.29, 1.82) is 0 Å². The van der Waals surface area contributed by atoms with E-state index in [1.165, 1.54) is 5.56 Å². The molecule has 2 N–H and O–H groups in total. The highest BCUT2D eigenvalue weighted by atomic mass is 35.5. The molecule has 7 heteroatoms. The zero-order chi connectivity index (χ0) is 20.1. The third kappa shape index (κ3) is 6.20. The number of para-hydroxylation sites is 1. The molecule has 0 bridgehead atoms. The summed E-state index contributed by atoms with van der Waals surface area (Å²) in [6.07, 6.45) is 3.61. The van der Waals surface area contributed by atoms with Gasteiger partial charge in [-0.1, -0.05) is 54.6 Å². The number of carbonyl (C=O) groups excluding carboxylic acids is 1. The van der Waals surface area contributed by atoms with Crippen LogP contribution in [0.15, 0.2) is 85.2 Å². The van der Waals surface area contributed by atoms with E-state index in [2.05, 4.69) is 22.0 Å². The maximum atomic E-state index is 13.2. The summed E-state index contributed by atoms with van der Waals surface area (Å²) < 4.78 is 0. The Hall–Kier alpha value is -2.60. The van der Waals surface area contributed by atoms with Crippen LogP contribution in [0.5, 0.6) is 0 Å². The largest absolute Gasteiger partial charge is 0.358 e. The van der Waals surface area contributed by atoms with Crippen molar-refractivity contribution < 1.29 is 4.79 Å². The number of benzene rings is 2. The van der Waals surface area contributed by atoms with E-state index in [1.54, 1.807) is 6.20 Å². The highest BCUT2D eigenvalue weighted by Crippen LogP contribution is 2.27. The minimum Gasteiger partial charge on any atom is -0.358 e. The Kier molecular flexibility index (Phi) is 9.31. The van der Waals surface area contributed by atoms with Gasteiger partial charge in [-0.25, -0.2) is 0 Å². The average Bonchev–Trinajstić information content (AvgIpc) is 3.17. The molecule has 4 rings (SSSR count). The predicted molar refractivity (Wildman–Crippen MR) is 130 cm³/mol. The first kappa shape index (κ1) is 24.7. The molecule has 1 amide bonds. The lowest BCUT2D eigenvalue weighted by Gasteiger charge is -2.27. The van der Waals surface area contributed by atoms with E-state index < -0.39 is 0 Å². The lowest BCUT2D eigenvalue weighted by Crippen LogP contribution is -2.40. The summed E-state index contributed by atoms with van der Waals surface area (Å²) in [5.41, 5.74) is 9.68. The zero-order valence-electron chi connectivity index (χ0n) is 17.2. The Morgan fingerprint density at radius 1 is 0.968 bits per heavy atom. The molecular weight excluding hydrogens is 431 g/mol. The molecule has 0 radical (unpaired) electrons. The van der Waals surface area contributed by atoms with E-state index in [-0.39, 0.29) is 42.7 Å². The number of amides is 1. The number of nitrogens with zero attached hydrogens (tertiary/aromatic N) is 3. The molecule has 1 aliphatic rings. The monoisotopic (exact) mass is 458 g/mol. The minimum absolute atomic E-state index is 0. The first-order valence-corrected chi connectivity index (χ1v) is 9.98. The smallest absolute Gasteiger partial charge is 0.242 e. The number of anilines is 1. The summed E-state index contributed by atoms with van der Waals surface area (Å²) in [5, 5.41) is 0. The summed E-state index contributed by atoms with van der Waals surface area (Å²) >= 11 is 0. The van der Waals surface area contributed by atoms with Crippen molar-refractivity contribution in [3.63, 3.8) is 0 Å². The highest BCUT2D eigenvalue weighted by Gasteiger charge is 2.34. The normalized spacial score (nSPS) is 17.4. The van der Waals surface area contributed by atoms with Gasteiger partial charge >= 0.3 is 0 Å². The number of rotatable bonds is 6. The molecule has 1 saturated heterocycles. The molecule has 2 aromatic carbocycles. The molecule has 0 unspecified atom stereocenters. The van der Waals surface area contributed by atoms with Gasteiger partial charge in [0.1, 0.15) is 0 Å². The summed E-state index contributed by atoms with van der Waals surface area (Å²) in [6, 6.07) is 24.2. The Bertz CT molecular complexity index is 928. The van der Waals surface area contributed by atoms with Gasteiger partial charge < -0.3 is 15.5 Å². The van der Waals surface area contributed by atoms with Crippen molar-refractivity contribution in [1.82, 2.24) is 9.88 Å². The van der Waals surface area contributed by atoms with Crippen LogP contribution >= 0.6 is 24.8 Å². The maximum Gasteiger partial charge on any atom is 0.242 e. The van der Waals surface area contributed by atoms with E-state index in [9.17, 15) is 4.79 Å². The van der Waals surface area contributed by atoms with Crippen LogP contribution in [0, 0.1) is 0 Å². The Morgan fingerprint density at radius 3 is 2.29 bits per heavy atom. The second kappa shape index (κ2) is 11.7. The van der Waals surface area contributed by atoms with Gasteiger partial charge in [0, 0.05) is 49.7 Å². The lowest BCUT2D eigenvalue weighted by atomic mass is 9.95. The molecule has 0 spiro atoms.